The summed E-state index contributed by atoms with van der Waals surface area (Å²) in [6.07, 6.45) is 8.69. The number of nitriles is 1. The Kier molecular flexibility index (Phi) is 5.43. The second kappa shape index (κ2) is 7.92. The average Bonchev–Trinajstić information content (AvgIpc) is 2.65. The Hall–Kier alpha value is -3.00. The Morgan fingerprint density at radius 1 is 1.23 bits per heavy atom. The zero-order valence-electron chi connectivity index (χ0n) is 14.9. The van der Waals surface area contributed by atoms with Crippen molar-refractivity contribution < 1.29 is 9.84 Å². The van der Waals surface area contributed by atoms with Crippen LogP contribution in [0.3, 0.4) is 0 Å². The molecule has 1 aromatic carbocycles. The van der Waals surface area contributed by atoms with Crippen LogP contribution in [0, 0.1) is 11.3 Å². The number of aromatic hydroxyl groups is 1. The van der Waals surface area contributed by atoms with Crippen LogP contribution in [0.1, 0.15) is 55.2 Å². The molecule has 0 saturated heterocycles. The van der Waals surface area contributed by atoms with Gasteiger partial charge in [-0.2, -0.15) is 5.26 Å². The number of hydrogen-bond donors (Lipinski definition) is 2. The highest BCUT2D eigenvalue weighted by Crippen LogP contribution is 2.44. The molecule has 0 amide bonds. The molecule has 5 nitrogen and oxygen atoms in total. The normalized spacial score (nSPS) is 15.9. The highest BCUT2D eigenvalue weighted by Gasteiger charge is 2.31. The molecule has 1 atom stereocenters. The molecule has 1 aromatic heterocycles. The lowest BCUT2D eigenvalue weighted by molar-refractivity contribution is 0.387. The van der Waals surface area contributed by atoms with Crippen molar-refractivity contribution in [3.63, 3.8) is 0 Å². The Labute approximate surface area is 153 Å². The molecule has 0 radical (unpaired) electrons. The number of allylic oxidation sites excluding steroid dienone is 1. The summed E-state index contributed by atoms with van der Waals surface area (Å²) in [5.41, 5.74) is 9.00. The van der Waals surface area contributed by atoms with Crippen LogP contribution in [0.5, 0.6) is 11.5 Å². The summed E-state index contributed by atoms with van der Waals surface area (Å²) < 4.78 is 5.63. The third-order valence-corrected chi connectivity index (χ3v) is 4.76. The van der Waals surface area contributed by atoms with Crippen molar-refractivity contribution in [1.29, 1.82) is 5.26 Å². The lowest BCUT2D eigenvalue weighted by atomic mass is 9.83. The maximum Gasteiger partial charge on any atom is 0.205 e. The molecule has 1 aliphatic heterocycles. The van der Waals surface area contributed by atoms with Crippen LogP contribution in [0.25, 0.3) is 0 Å². The van der Waals surface area contributed by atoms with Crippen molar-refractivity contribution in [3.8, 4) is 17.6 Å². The number of fused-ring (bicyclic) bond motifs is 1. The van der Waals surface area contributed by atoms with Crippen molar-refractivity contribution in [2.24, 2.45) is 5.73 Å². The number of ether oxygens (including phenoxy) is 1. The maximum atomic E-state index is 10.4. The van der Waals surface area contributed by atoms with Gasteiger partial charge in [-0.25, -0.2) is 0 Å². The van der Waals surface area contributed by atoms with E-state index in [0.29, 0.717) is 11.3 Å². The predicted molar refractivity (Wildman–Crippen MR) is 99.5 cm³/mol. The molecule has 0 fully saturated rings. The van der Waals surface area contributed by atoms with E-state index in [1.54, 1.807) is 18.5 Å². The van der Waals surface area contributed by atoms with Crippen molar-refractivity contribution in [1.82, 2.24) is 4.98 Å². The van der Waals surface area contributed by atoms with Gasteiger partial charge in [-0.15, -0.1) is 0 Å². The summed E-state index contributed by atoms with van der Waals surface area (Å²) in [7, 11) is 0. The van der Waals surface area contributed by atoms with E-state index in [2.05, 4.69) is 18.0 Å². The minimum atomic E-state index is -0.318. The van der Waals surface area contributed by atoms with Crippen molar-refractivity contribution >= 4 is 0 Å². The minimum Gasteiger partial charge on any atom is -0.508 e. The van der Waals surface area contributed by atoms with Crippen molar-refractivity contribution in [3.05, 3.63) is 64.8 Å². The number of phenols is 1. The standard InChI is InChI=1S/C21H23N3O2/c1-2-3-4-5-6-15-11-16-19(12-18(15)25)26-21(23)17(13-22)20(16)14-7-9-24-10-8-14/h7-12,20,25H,2-6,23H2,1H3. The van der Waals surface area contributed by atoms with Gasteiger partial charge in [-0.05, 0) is 42.2 Å². The lowest BCUT2D eigenvalue weighted by Crippen LogP contribution is -2.21. The third kappa shape index (κ3) is 3.50. The van der Waals surface area contributed by atoms with Crippen molar-refractivity contribution in [2.75, 3.05) is 0 Å². The van der Waals surface area contributed by atoms with Gasteiger partial charge in [0.2, 0.25) is 5.88 Å². The fourth-order valence-corrected chi connectivity index (χ4v) is 3.38. The highest BCUT2D eigenvalue weighted by molar-refractivity contribution is 5.58. The molecule has 3 rings (SSSR count). The number of nitrogens with zero attached hydrogens (tertiary/aromatic N) is 2. The molecule has 0 spiro atoms. The largest absolute Gasteiger partial charge is 0.508 e. The van der Waals surface area contributed by atoms with Crippen LogP contribution in [-0.4, -0.2) is 10.1 Å². The summed E-state index contributed by atoms with van der Waals surface area (Å²) in [5.74, 6) is 0.471. The fraction of sp³-hybridized carbons (Fsp3) is 0.333. The van der Waals surface area contributed by atoms with Crippen molar-refractivity contribution in [2.45, 2.75) is 44.9 Å². The Morgan fingerprint density at radius 2 is 2.00 bits per heavy atom. The number of pyridine rings is 1. The van der Waals surface area contributed by atoms with E-state index in [-0.39, 0.29) is 17.6 Å². The molecule has 134 valence electrons. The van der Waals surface area contributed by atoms with Crippen LogP contribution in [0.2, 0.25) is 0 Å². The van der Waals surface area contributed by atoms with E-state index in [1.807, 2.05) is 18.2 Å². The third-order valence-electron chi connectivity index (χ3n) is 4.76. The Bertz CT molecular complexity index is 854. The summed E-state index contributed by atoms with van der Waals surface area (Å²) in [5, 5.41) is 20.0. The SMILES string of the molecule is CCCCCCc1cc2c(cc1O)OC(N)=C(C#N)C2c1ccncc1. The monoisotopic (exact) mass is 349 g/mol. The van der Waals surface area contributed by atoms with Gasteiger partial charge in [0.15, 0.2) is 0 Å². The summed E-state index contributed by atoms with van der Waals surface area (Å²) in [6.45, 7) is 2.17. The first-order valence-electron chi connectivity index (χ1n) is 8.99. The van der Waals surface area contributed by atoms with Crippen LogP contribution < -0.4 is 10.5 Å². The van der Waals surface area contributed by atoms with Gasteiger partial charge >= 0.3 is 0 Å². The second-order valence-corrected chi connectivity index (χ2v) is 6.53. The Balaban J connectivity index is 2.02. The molecule has 26 heavy (non-hydrogen) atoms. The first kappa shape index (κ1) is 17.8. The van der Waals surface area contributed by atoms with Crippen LogP contribution in [-0.2, 0) is 6.42 Å². The van der Waals surface area contributed by atoms with Crippen LogP contribution >= 0.6 is 0 Å². The van der Waals surface area contributed by atoms with E-state index in [9.17, 15) is 10.4 Å². The predicted octanol–water partition coefficient (Wildman–Crippen LogP) is 4.13. The molecule has 1 aliphatic rings. The van der Waals surface area contributed by atoms with E-state index in [0.717, 1.165) is 36.0 Å². The van der Waals surface area contributed by atoms with Gasteiger partial charge in [0.1, 0.15) is 23.1 Å². The number of rotatable bonds is 6. The summed E-state index contributed by atoms with van der Waals surface area (Å²) in [6, 6.07) is 9.49. The zero-order chi connectivity index (χ0) is 18.5. The van der Waals surface area contributed by atoms with Gasteiger partial charge in [-0.1, -0.05) is 26.2 Å². The topological polar surface area (TPSA) is 92.2 Å². The molecule has 0 aliphatic carbocycles. The highest BCUT2D eigenvalue weighted by atomic mass is 16.5. The summed E-state index contributed by atoms with van der Waals surface area (Å²) >= 11 is 0. The van der Waals surface area contributed by atoms with E-state index < -0.39 is 0 Å². The number of unbranched alkanes of at least 4 members (excludes halogenated alkanes) is 3. The van der Waals surface area contributed by atoms with E-state index in [4.69, 9.17) is 10.5 Å². The number of phenolic OH excluding ortho intramolecular Hbond substituents is 1. The first-order chi connectivity index (χ1) is 12.7. The molecule has 2 heterocycles. The van der Waals surface area contributed by atoms with Gasteiger partial charge in [0.05, 0.1) is 5.92 Å². The van der Waals surface area contributed by atoms with Crippen LogP contribution in [0.15, 0.2) is 48.1 Å². The molecule has 3 N–H and O–H groups in total. The smallest absolute Gasteiger partial charge is 0.205 e. The quantitative estimate of drug-likeness (QED) is 0.765. The summed E-state index contributed by atoms with van der Waals surface area (Å²) in [4.78, 5) is 4.05. The zero-order valence-corrected chi connectivity index (χ0v) is 14.9. The van der Waals surface area contributed by atoms with Crippen LogP contribution in [0.4, 0.5) is 0 Å². The molecule has 0 saturated carbocycles. The number of nitrogens with two attached hydrogens (primary N) is 1. The maximum absolute atomic E-state index is 10.4. The molecule has 2 aromatic rings. The number of benzene rings is 1. The first-order valence-corrected chi connectivity index (χ1v) is 8.99. The Morgan fingerprint density at radius 3 is 2.69 bits per heavy atom. The molecule has 1 unspecified atom stereocenters. The van der Waals surface area contributed by atoms with Gasteiger partial charge < -0.3 is 15.6 Å². The molecule has 5 heteroatoms. The number of aryl methyl sites for hydroxylation is 1. The lowest BCUT2D eigenvalue weighted by Gasteiger charge is -2.27. The molecule has 0 bridgehead atoms. The molecular weight excluding hydrogens is 326 g/mol. The van der Waals surface area contributed by atoms with E-state index in [1.165, 1.54) is 12.8 Å². The van der Waals surface area contributed by atoms with Gasteiger partial charge in [0, 0.05) is 24.0 Å². The average molecular weight is 349 g/mol. The van der Waals surface area contributed by atoms with Gasteiger partial charge in [0.25, 0.3) is 0 Å². The molecular formula is C21H23N3O2. The van der Waals surface area contributed by atoms with Gasteiger partial charge in [-0.3, -0.25) is 4.98 Å². The number of hydrogen-bond acceptors (Lipinski definition) is 5. The van der Waals surface area contributed by atoms with E-state index >= 15 is 0 Å². The minimum absolute atomic E-state index is 0.0805. The fourth-order valence-electron chi connectivity index (χ4n) is 3.38. The number of aromatic nitrogens is 1. The second-order valence-electron chi connectivity index (χ2n) is 6.53.